The van der Waals surface area contributed by atoms with Gasteiger partial charge in [-0.1, -0.05) is 13.8 Å². The van der Waals surface area contributed by atoms with Gasteiger partial charge in [0.1, 0.15) is 0 Å². The second-order valence-electron chi connectivity index (χ2n) is 4.59. The lowest BCUT2D eigenvalue weighted by Gasteiger charge is -2.16. The summed E-state index contributed by atoms with van der Waals surface area (Å²) in [5, 5.41) is 5.68. The fraction of sp³-hybridized carbons (Fsp3) is 0.417. The lowest BCUT2D eigenvalue weighted by atomic mass is 9.92. The predicted octanol–water partition coefficient (Wildman–Crippen LogP) is 1.66. The van der Waals surface area contributed by atoms with Crippen LogP contribution in [-0.2, 0) is 4.79 Å². The number of amides is 1. The van der Waals surface area contributed by atoms with Crippen molar-refractivity contribution >= 4 is 23.0 Å². The van der Waals surface area contributed by atoms with Crippen molar-refractivity contribution in [2.75, 3.05) is 10.7 Å². The highest BCUT2D eigenvalue weighted by atomic mass is 16.2. The van der Waals surface area contributed by atoms with Gasteiger partial charge in [0.2, 0.25) is 0 Å². The fourth-order valence-corrected chi connectivity index (χ4v) is 2.09. The molecule has 0 aromatic carbocycles. The Hall–Kier alpha value is -1.91. The summed E-state index contributed by atoms with van der Waals surface area (Å²) in [4.78, 5) is 16.2. The van der Waals surface area contributed by atoms with Gasteiger partial charge in [0, 0.05) is 11.9 Å². The van der Waals surface area contributed by atoms with Crippen molar-refractivity contribution in [2.45, 2.75) is 20.8 Å². The van der Waals surface area contributed by atoms with E-state index in [9.17, 15) is 4.79 Å². The SMILES string of the molecule is CC1=NN(c2cncc(N)c2)C(=O)[C@H]1C(C)C. The molecule has 0 bridgehead atoms. The lowest BCUT2D eigenvalue weighted by molar-refractivity contribution is -0.120. The topological polar surface area (TPSA) is 71.6 Å². The Balaban J connectivity index is 2.34. The smallest absolute Gasteiger partial charge is 0.256 e. The van der Waals surface area contributed by atoms with Crippen molar-refractivity contribution in [2.24, 2.45) is 16.9 Å². The van der Waals surface area contributed by atoms with Gasteiger partial charge in [0.25, 0.3) is 5.91 Å². The normalized spacial score (nSPS) is 20.0. The van der Waals surface area contributed by atoms with Gasteiger partial charge in [-0.05, 0) is 18.9 Å². The van der Waals surface area contributed by atoms with Crippen LogP contribution in [0, 0.1) is 11.8 Å². The largest absolute Gasteiger partial charge is 0.397 e. The molecule has 1 aromatic rings. The number of hydrogen-bond acceptors (Lipinski definition) is 4. The molecule has 0 radical (unpaired) electrons. The molecule has 0 aliphatic carbocycles. The van der Waals surface area contributed by atoms with Gasteiger partial charge in [-0.15, -0.1) is 0 Å². The number of aromatic nitrogens is 1. The molecule has 1 aromatic heterocycles. The van der Waals surface area contributed by atoms with Crippen LogP contribution in [0.25, 0.3) is 0 Å². The summed E-state index contributed by atoms with van der Waals surface area (Å²) in [6.07, 6.45) is 3.13. The molecule has 17 heavy (non-hydrogen) atoms. The van der Waals surface area contributed by atoms with Crippen LogP contribution in [0.4, 0.5) is 11.4 Å². The van der Waals surface area contributed by atoms with Gasteiger partial charge in [-0.3, -0.25) is 9.78 Å². The minimum Gasteiger partial charge on any atom is -0.397 e. The first-order valence-electron chi connectivity index (χ1n) is 5.60. The average molecular weight is 232 g/mol. The number of hydrogen-bond donors (Lipinski definition) is 1. The maximum Gasteiger partial charge on any atom is 0.256 e. The summed E-state index contributed by atoms with van der Waals surface area (Å²) in [6.45, 7) is 5.91. The van der Waals surface area contributed by atoms with Crippen molar-refractivity contribution < 1.29 is 4.79 Å². The van der Waals surface area contributed by atoms with Gasteiger partial charge < -0.3 is 5.73 Å². The first kappa shape index (κ1) is 11.6. The zero-order valence-corrected chi connectivity index (χ0v) is 10.2. The van der Waals surface area contributed by atoms with E-state index in [0.717, 1.165) is 5.71 Å². The Bertz CT molecular complexity index is 481. The van der Waals surface area contributed by atoms with Gasteiger partial charge in [0.15, 0.2) is 0 Å². The van der Waals surface area contributed by atoms with Crippen LogP contribution in [0.1, 0.15) is 20.8 Å². The van der Waals surface area contributed by atoms with E-state index >= 15 is 0 Å². The third kappa shape index (κ3) is 2.00. The molecule has 5 heteroatoms. The van der Waals surface area contributed by atoms with Gasteiger partial charge in [-0.2, -0.15) is 10.1 Å². The average Bonchev–Trinajstić information content (AvgIpc) is 2.54. The number of carbonyl (C=O) groups is 1. The number of anilines is 2. The molecule has 1 atom stereocenters. The van der Waals surface area contributed by atoms with E-state index in [1.54, 1.807) is 18.5 Å². The molecular weight excluding hydrogens is 216 g/mol. The van der Waals surface area contributed by atoms with Crippen LogP contribution < -0.4 is 10.7 Å². The maximum absolute atomic E-state index is 12.2. The summed E-state index contributed by atoms with van der Waals surface area (Å²) in [6, 6.07) is 1.70. The molecule has 2 heterocycles. The van der Waals surface area contributed by atoms with Crippen LogP contribution in [0.5, 0.6) is 0 Å². The van der Waals surface area contributed by atoms with Crippen molar-refractivity contribution in [3.63, 3.8) is 0 Å². The molecule has 0 unspecified atom stereocenters. The van der Waals surface area contributed by atoms with Gasteiger partial charge >= 0.3 is 0 Å². The van der Waals surface area contributed by atoms with E-state index < -0.39 is 0 Å². The second-order valence-corrected chi connectivity index (χ2v) is 4.59. The van der Waals surface area contributed by atoms with E-state index in [1.807, 2.05) is 20.8 Å². The Morgan fingerprint density at radius 1 is 1.41 bits per heavy atom. The minimum atomic E-state index is -0.142. The first-order chi connectivity index (χ1) is 8.00. The Morgan fingerprint density at radius 2 is 2.12 bits per heavy atom. The van der Waals surface area contributed by atoms with E-state index in [1.165, 1.54) is 5.01 Å². The second kappa shape index (κ2) is 4.16. The highest BCUT2D eigenvalue weighted by molar-refractivity contribution is 6.14. The van der Waals surface area contributed by atoms with E-state index in [0.29, 0.717) is 11.4 Å². The molecule has 0 fully saturated rings. The van der Waals surface area contributed by atoms with Crippen LogP contribution in [-0.4, -0.2) is 16.6 Å². The zero-order chi connectivity index (χ0) is 12.6. The van der Waals surface area contributed by atoms with Crippen molar-refractivity contribution in [3.05, 3.63) is 18.5 Å². The lowest BCUT2D eigenvalue weighted by Crippen LogP contribution is -2.30. The Morgan fingerprint density at radius 3 is 2.65 bits per heavy atom. The molecule has 2 N–H and O–H groups in total. The standard InChI is InChI=1S/C12H16N4O/c1-7(2)11-8(3)15-16(12(11)17)10-4-9(13)5-14-6-10/h4-7,11H,13H2,1-3H3/t11-/m0/s1. The highest BCUT2D eigenvalue weighted by Gasteiger charge is 2.36. The van der Waals surface area contributed by atoms with E-state index in [4.69, 9.17) is 5.73 Å². The third-order valence-electron chi connectivity index (χ3n) is 2.84. The number of pyridine rings is 1. The fourth-order valence-electron chi connectivity index (χ4n) is 2.09. The van der Waals surface area contributed by atoms with Crippen molar-refractivity contribution in [1.82, 2.24) is 4.98 Å². The van der Waals surface area contributed by atoms with E-state index in [-0.39, 0.29) is 17.7 Å². The number of nitrogen functional groups attached to an aromatic ring is 1. The molecule has 5 nitrogen and oxygen atoms in total. The summed E-state index contributed by atoms with van der Waals surface area (Å²) < 4.78 is 0. The number of carbonyl (C=O) groups excluding carboxylic acids is 1. The summed E-state index contributed by atoms with van der Waals surface area (Å²) in [5.41, 5.74) is 7.64. The third-order valence-corrected chi connectivity index (χ3v) is 2.84. The molecule has 2 rings (SSSR count). The minimum absolute atomic E-state index is 0.00935. The van der Waals surface area contributed by atoms with Gasteiger partial charge in [-0.25, -0.2) is 0 Å². The number of nitrogens with two attached hydrogens (primary N) is 1. The van der Waals surface area contributed by atoms with Crippen LogP contribution in [0.15, 0.2) is 23.6 Å². The number of nitrogens with zero attached hydrogens (tertiary/aromatic N) is 3. The molecule has 1 aliphatic heterocycles. The van der Waals surface area contributed by atoms with Crippen molar-refractivity contribution in [1.29, 1.82) is 0 Å². The molecule has 1 amide bonds. The molecule has 0 saturated heterocycles. The number of hydrazone groups is 1. The first-order valence-corrected chi connectivity index (χ1v) is 5.60. The quantitative estimate of drug-likeness (QED) is 0.842. The molecule has 0 saturated carbocycles. The van der Waals surface area contributed by atoms with Crippen molar-refractivity contribution in [3.8, 4) is 0 Å². The monoisotopic (exact) mass is 232 g/mol. The molecule has 0 spiro atoms. The summed E-state index contributed by atoms with van der Waals surface area (Å²) in [7, 11) is 0. The van der Waals surface area contributed by atoms with Crippen LogP contribution >= 0.6 is 0 Å². The summed E-state index contributed by atoms with van der Waals surface area (Å²) >= 11 is 0. The zero-order valence-electron chi connectivity index (χ0n) is 10.2. The maximum atomic E-state index is 12.2. The highest BCUT2D eigenvalue weighted by Crippen LogP contribution is 2.28. The Labute approximate surface area is 100 Å². The van der Waals surface area contributed by atoms with Crippen LogP contribution in [0.2, 0.25) is 0 Å². The predicted molar refractivity (Wildman–Crippen MR) is 67.6 cm³/mol. The Kier molecular flexibility index (Phi) is 2.83. The van der Waals surface area contributed by atoms with Gasteiger partial charge in [0.05, 0.1) is 23.5 Å². The van der Waals surface area contributed by atoms with Crippen LogP contribution in [0.3, 0.4) is 0 Å². The van der Waals surface area contributed by atoms with E-state index in [2.05, 4.69) is 10.1 Å². The number of rotatable bonds is 2. The molecule has 90 valence electrons. The molecule has 1 aliphatic rings. The summed E-state index contributed by atoms with van der Waals surface area (Å²) in [5.74, 6) is 0.0894. The molecular formula is C12H16N4O.